The van der Waals surface area contributed by atoms with E-state index in [4.69, 9.17) is 0 Å². The average molecular weight is 202 g/mol. The normalized spacial score (nSPS) is 15.3. The molecule has 4 rings (SSSR count). The molecule has 15 heavy (non-hydrogen) atoms. The molecule has 0 saturated carbocycles. The van der Waals surface area contributed by atoms with Crippen molar-refractivity contribution in [2.45, 2.75) is 32.9 Å². The molecule has 0 spiro atoms. The molecule has 0 radical (unpaired) electrons. The molecule has 0 aliphatic carbocycles. The zero-order valence-corrected chi connectivity index (χ0v) is 8.85. The highest BCUT2D eigenvalue weighted by molar-refractivity contribution is 5.07. The number of aromatic nitrogens is 4. The molecule has 2 aliphatic rings. The van der Waals surface area contributed by atoms with Crippen LogP contribution in [-0.4, -0.2) is 19.1 Å². The zero-order valence-electron chi connectivity index (χ0n) is 8.85. The van der Waals surface area contributed by atoms with Gasteiger partial charge >= 0.3 is 0 Å². The lowest BCUT2D eigenvalue weighted by molar-refractivity contribution is 0.538. The fraction of sp³-hybridized carbons (Fsp3) is 0.455. The highest BCUT2D eigenvalue weighted by Crippen LogP contribution is 2.12. The van der Waals surface area contributed by atoms with Gasteiger partial charge in [0.2, 0.25) is 0 Å². The van der Waals surface area contributed by atoms with Crippen LogP contribution < -0.4 is 0 Å². The van der Waals surface area contributed by atoms with E-state index in [1.54, 1.807) is 0 Å². The Balaban J connectivity index is 0.0000000971. The lowest BCUT2D eigenvalue weighted by Gasteiger charge is -2.14. The maximum Gasteiger partial charge on any atom is 0.110 e. The standard InChI is InChI=1S/C6H8N2.C5H6N2/c1-5-4-8-3-2-6(8)7-5;1-3-7-4-2-6-5(1)7/h4H,2-3H2,1H3;2,4H,1,3H2. The van der Waals surface area contributed by atoms with Crippen LogP contribution in [0.15, 0.2) is 18.6 Å². The molecule has 0 N–H and O–H groups in total. The predicted octanol–water partition coefficient (Wildman–Crippen LogP) is 1.19. The summed E-state index contributed by atoms with van der Waals surface area (Å²) >= 11 is 0. The Kier molecular flexibility index (Phi) is 1.87. The Morgan fingerprint density at radius 3 is 2.20 bits per heavy atom. The number of hydrogen-bond acceptors (Lipinski definition) is 2. The van der Waals surface area contributed by atoms with Gasteiger partial charge in [-0.15, -0.1) is 0 Å². The number of imidazole rings is 2. The molecular weight excluding hydrogens is 188 g/mol. The highest BCUT2D eigenvalue weighted by atomic mass is 15.1. The smallest absolute Gasteiger partial charge is 0.110 e. The molecule has 78 valence electrons. The fourth-order valence-electron chi connectivity index (χ4n) is 1.90. The first-order chi connectivity index (χ1) is 7.33. The van der Waals surface area contributed by atoms with Gasteiger partial charge in [0, 0.05) is 44.5 Å². The van der Waals surface area contributed by atoms with E-state index in [0.29, 0.717) is 0 Å². The Morgan fingerprint density at radius 1 is 1.13 bits per heavy atom. The third-order valence-electron chi connectivity index (χ3n) is 2.93. The molecule has 0 bridgehead atoms. The number of aryl methyl sites for hydroxylation is 5. The van der Waals surface area contributed by atoms with Crippen LogP contribution in [-0.2, 0) is 25.9 Å². The van der Waals surface area contributed by atoms with Gasteiger partial charge in [0.05, 0.1) is 5.69 Å². The summed E-state index contributed by atoms with van der Waals surface area (Å²) in [5.41, 5.74) is 1.15. The summed E-state index contributed by atoms with van der Waals surface area (Å²) in [6.07, 6.45) is 8.31. The molecule has 4 heterocycles. The molecule has 2 aromatic heterocycles. The molecule has 2 aromatic rings. The van der Waals surface area contributed by atoms with Gasteiger partial charge in [-0.2, -0.15) is 0 Å². The van der Waals surface area contributed by atoms with Gasteiger partial charge in [-0.05, 0) is 6.92 Å². The van der Waals surface area contributed by atoms with Crippen LogP contribution in [0.2, 0.25) is 0 Å². The monoisotopic (exact) mass is 202 g/mol. The fourth-order valence-corrected chi connectivity index (χ4v) is 1.90. The van der Waals surface area contributed by atoms with E-state index in [2.05, 4.69) is 25.3 Å². The Bertz CT molecular complexity index is 440. The van der Waals surface area contributed by atoms with Crippen molar-refractivity contribution in [2.75, 3.05) is 0 Å². The van der Waals surface area contributed by atoms with Gasteiger partial charge in [-0.3, -0.25) is 0 Å². The van der Waals surface area contributed by atoms with Crippen molar-refractivity contribution in [3.8, 4) is 0 Å². The molecule has 0 amide bonds. The van der Waals surface area contributed by atoms with Crippen LogP contribution in [0.5, 0.6) is 0 Å². The largest absolute Gasteiger partial charge is 0.334 e. The van der Waals surface area contributed by atoms with E-state index in [1.165, 1.54) is 37.6 Å². The molecule has 0 atom stereocenters. The summed E-state index contributed by atoms with van der Waals surface area (Å²) < 4.78 is 4.34. The van der Waals surface area contributed by atoms with Gasteiger partial charge in [0.25, 0.3) is 0 Å². The van der Waals surface area contributed by atoms with E-state index < -0.39 is 0 Å². The molecule has 0 unspecified atom stereocenters. The van der Waals surface area contributed by atoms with Crippen LogP contribution >= 0.6 is 0 Å². The van der Waals surface area contributed by atoms with Crippen molar-refractivity contribution in [3.05, 3.63) is 35.9 Å². The van der Waals surface area contributed by atoms with E-state index in [0.717, 1.165) is 5.69 Å². The first kappa shape index (κ1) is 8.71. The number of hydrogen-bond donors (Lipinski definition) is 0. The van der Waals surface area contributed by atoms with Gasteiger partial charge < -0.3 is 9.13 Å². The second-order valence-corrected chi connectivity index (χ2v) is 4.03. The van der Waals surface area contributed by atoms with Gasteiger partial charge in [0.15, 0.2) is 0 Å². The molecule has 4 heteroatoms. The van der Waals surface area contributed by atoms with Crippen LogP contribution in [0.3, 0.4) is 0 Å². The van der Waals surface area contributed by atoms with Crippen molar-refractivity contribution in [2.24, 2.45) is 0 Å². The number of nitrogens with zero attached hydrogens (tertiary/aromatic N) is 4. The third-order valence-corrected chi connectivity index (χ3v) is 2.93. The number of fused-ring (bicyclic) bond motifs is 2. The minimum absolute atomic E-state index is 1.15. The van der Waals surface area contributed by atoms with Crippen molar-refractivity contribution in [1.82, 2.24) is 19.1 Å². The van der Waals surface area contributed by atoms with Crippen molar-refractivity contribution < 1.29 is 0 Å². The van der Waals surface area contributed by atoms with Crippen molar-refractivity contribution >= 4 is 0 Å². The van der Waals surface area contributed by atoms with E-state index in [9.17, 15) is 0 Å². The summed E-state index contributed by atoms with van der Waals surface area (Å²) in [6, 6.07) is 0. The van der Waals surface area contributed by atoms with Crippen LogP contribution in [0.4, 0.5) is 0 Å². The zero-order chi connectivity index (χ0) is 10.3. The summed E-state index contributed by atoms with van der Waals surface area (Å²) in [5, 5.41) is 0. The van der Waals surface area contributed by atoms with Gasteiger partial charge in [-0.25, -0.2) is 9.97 Å². The highest BCUT2D eigenvalue weighted by Gasteiger charge is 2.12. The van der Waals surface area contributed by atoms with Crippen molar-refractivity contribution in [3.63, 3.8) is 0 Å². The van der Waals surface area contributed by atoms with E-state index in [1.807, 2.05) is 19.3 Å². The molecule has 0 aromatic carbocycles. The maximum absolute atomic E-state index is 4.26. The summed E-state index contributed by atoms with van der Waals surface area (Å²) in [7, 11) is 0. The van der Waals surface area contributed by atoms with E-state index in [-0.39, 0.29) is 0 Å². The summed E-state index contributed by atoms with van der Waals surface area (Å²) in [5.74, 6) is 2.49. The quantitative estimate of drug-likeness (QED) is 0.643. The Hall–Kier alpha value is -1.58. The molecule has 4 nitrogen and oxygen atoms in total. The van der Waals surface area contributed by atoms with E-state index >= 15 is 0 Å². The summed E-state index contributed by atoms with van der Waals surface area (Å²) in [6.45, 7) is 4.39. The predicted molar refractivity (Wildman–Crippen MR) is 56.6 cm³/mol. The van der Waals surface area contributed by atoms with Gasteiger partial charge in [0.1, 0.15) is 11.6 Å². The van der Waals surface area contributed by atoms with Gasteiger partial charge in [-0.1, -0.05) is 0 Å². The molecule has 0 saturated heterocycles. The number of rotatable bonds is 0. The first-order valence-corrected chi connectivity index (χ1v) is 5.35. The summed E-state index contributed by atoms with van der Waals surface area (Å²) in [4.78, 5) is 8.33. The average Bonchev–Trinajstić information content (AvgIpc) is 2.61. The first-order valence-electron chi connectivity index (χ1n) is 5.35. The minimum atomic E-state index is 1.15. The lowest BCUT2D eigenvalue weighted by atomic mass is 10.3. The lowest BCUT2D eigenvalue weighted by Crippen LogP contribution is -2.16. The Labute approximate surface area is 88.6 Å². The maximum atomic E-state index is 4.26. The van der Waals surface area contributed by atoms with Crippen LogP contribution in [0, 0.1) is 6.92 Å². The molecule has 0 fully saturated rings. The molecule has 2 aliphatic heterocycles. The van der Waals surface area contributed by atoms with Crippen LogP contribution in [0.1, 0.15) is 17.3 Å². The minimum Gasteiger partial charge on any atom is -0.334 e. The third kappa shape index (κ3) is 1.46. The Morgan fingerprint density at radius 2 is 1.93 bits per heavy atom. The molecular formula is C11H14N4. The van der Waals surface area contributed by atoms with Crippen molar-refractivity contribution in [1.29, 1.82) is 0 Å². The second-order valence-electron chi connectivity index (χ2n) is 4.03. The topological polar surface area (TPSA) is 35.6 Å². The van der Waals surface area contributed by atoms with Crippen LogP contribution in [0.25, 0.3) is 0 Å². The SMILES string of the molecule is Cc1cn2c(n1)CC2.c1cn2c(n1)CC2. The second kappa shape index (κ2) is 3.22.